The summed E-state index contributed by atoms with van der Waals surface area (Å²) in [4.78, 5) is 0. The maximum absolute atomic E-state index is 10.9. The summed E-state index contributed by atoms with van der Waals surface area (Å²) in [5.41, 5.74) is 0.794. The predicted octanol–water partition coefficient (Wildman–Crippen LogP) is -0.454. The average molecular weight is 112 g/mol. The summed E-state index contributed by atoms with van der Waals surface area (Å²) >= 11 is 0. The van der Waals surface area contributed by atoms with Crippen LogP contribution in [-0.2, 0) is 4.57 Å². The lowest BCUT2D eigenvalue weighted by atomic mass is 10.7. The first-order valence-electron chi connectivity index (χ1n) is 2.08. The minimum atomic E-state index is -1.82. The Morgan fingerprint density at radius 3 is 2.57 bits per heavy atom. The molecule has 1 aromatic heterocycles. The lowest BCUT2D eigenvalue weighted by molar-refractivity contribution is 0.588. The minimum absolute atomic E-state index is 0.794. The molecule has 0 radical (unpaired) electrons. The fourth-order valence-electron chi connectivity index (χ4n) is 0.996. The predicted molar refractivity (Wildman–Crippen MR) is 25.2 cm³/mol. The molecule has 0 fully saturated rings. The Labute approximate surface area is 39.5 Å². The zero-order chi connectivity index (χ0) is 4.65. The molecule has 0 aliphatic carbocycles. The molecule has 3 heteroatoms. The van der Waals surface area contributed by atoms with Gasteiger partial charge in [0.2, 0.25) is 7.14 Å². The number of fused-ring (bicyclic) bond motifs is 1. The van der Waals surface area contributed by atoms with Crippen LogP contribution in [0.1, 0.15) is 0 Å². The first-order chi connectivity index (χ1) is 3.35. The number of rotatable bonds is 0. The van der Waals surface area contributed by atoms with E-state index >= 15 is 0 Å². The fraction of sp³-hybridized carbons (Fsp3) is 0. The van der Waals surface area contributed by atoms with Crippen LogP contribution in [0.15, 0.2) is 10.7 Å². The van der Waals surface area contributed by atoms with Crippen LogP contribution in [0, 0.1) is 0 Å². The van der Waals surface area contributed by atoms with Gasteiger partial charge in [0.05, 0.1) is 10.6 Å². The molecule has 0 saturated carbocycles. The Balaban J connectivity index is 2.90. The van der Waals surface area contributed by atoms with Crippen LogP contribution >= 0.6 is 7.14 Å². The largest absolute Gasteiger partial charge is 0.459 e. The minimum Gasteiger partial charge on any atom is -0.459 e. The molecular formula is C4HO2P. The van der Waals surface area contributed by atoms with Gasteiger partial charge < -0.3 is 8.98 Å². The van der Waals surface area contributed by atoms with E-state index in [9.17, 15) is 4.57 Å². The highest BCUT2D eigenvalue weighted by Gasteiger charge is 2.72. The zero-order valence-electron chi connectivity index (χ0n) is 3.34. The molecule has 34 valence electrons. The first-order valence-corrected chi connectivity index (χ1v) is 3.79. The number of furan rings is 1. The van der Waals surface area contributed by atoms with Crippen LogP contribution in [0.2, 0.25) is 0 Å². The standard InChI is InChI=1S/C4HO2P/c5-7-2-1-6-4(7)3(2)7/h1H. The molecule has 1 aromatic rings. The van der Waals surface area contributed by atoms with E-state index in [0.29, 0.717) is 0 Å². The van der Waals surface area contributed by atoms with Crippen molar-refractivity contribution in [3.63, 3.8) is 0 Å². The zero-order valence-corrected chi connectivity index (χ0v) is 4.24. The van der Waals surface area contributed by atoms with E-state index in [0.717, 1.165) is 16.1 Å². The van der Waals surface area contributed by atoms with E-state index in [1.807, 2.05) is 0 Å². The summed E-state index contributed by atoms with van der Waals surface area (Å²) in [5, 5.41) is 2.05. The van der Waals surface area contributed by atoms with E-state index < -0.39 is 7.14 Å². The van der Waals surface area contributed by atoms with E-state index in [4.69, 9.17) is 4.42 Å². The molecule has 0 aromatic carbocycles. The highest BCUT2D eigenvalue weighted by Crippen LogP contribution is 2.67. The van der Waals surface area contributed by atoms with Crippen LogP contribution in [0.25, 0.3) is 0 Å². The smallest absolute Gasteiger partial charge is 0.214 e. The Bertz CT molecular complexity index is 270. The first kappa shape index (κ1) is 2.73. The number of hydrogen-bond donors (Lipinski definition) is 0. The SMILES string of the molecule is O=P12c3coc1c32. The molecule has 0 amide bonds. The van der Waals surface area contributed by atoms with Crippen molar-refractivity contribution in [3.05, 3.63) is 6.26 Å². The van der Waals surface area contributed by atoms with E-state index in [1.54, 1.807) is 6.26 Å². The van der Waals surface area contributed by atoms with Crippen molar-refractivity contribution in [2.24, 2.45) is 0 Å². The van der Waals surface area contributed by atoms with Gasteiger partial charge in [-0.1, -0.05) is 0 Å². The van der Waals surface area contributed by atoms with Crippen molar-refractivity contribution in [2.45, 2.75) is 0 Å². The summed E-state index contributed by atoms with van der Waals surface area (Å²) in [5.74, 6) is 0. The molecule has 3 aliphatic rings. The van der Waals surface area contributed by atoms with Gasteiger partial charge >= 0.3 is 0 Å². The van der Waals surface area contributed by atoms with Crippen LogP contribution in [0.4, 0.5) is 0 Å². The van der Waals surface area contributed by atoms with Gasteiger partial charge in [0.25, 0.3) is 0 Å². The third-order valence-corrected chi connectivity index (χ3v) is 4.10. The summed E-state index contributed by atoms with van der Waals surface area (Å²) in [6.45, 7) is 0. The van der Waals surface area contributed by atoms with Crippen molar-refractivity contribution in [3.8, 4) is 0 Å². The summed E-state index contributed by atoms with van der Waals surface area (Å²) in [6.07, 6.45) is 1.60. The van der Waals surface area contributed by atoms with Gasteiger partial charge in [-0.15, -0.1) is 0 Å². The maximum Gasteiger partial charge on any atom is 0.214 e. The third kappa shape index (κ3) is 0.0966. The van der Waals surface area contributed by atoms with Gasteiger partial charge in [-0.25, -0.2) is 0 Å². The highest BCUT2D eigenvalue weighted by atomic mass is 31.2. The topological polar surface area (TPSA) is 30.2 Å². The summed E-state index contributed by atoms with van der Waals surface area (Å²) < 4.78 is 15.7. The second-order valence-corrected chi connectivity index (χ2v) is 4.44. The molecule has 7 heavy (non-hydrogen) atoms. The van der Waals surface area contributed by atoms with Crippen molar-refractivity contribution >= 4 is 23.3 Å². The van der Waals surface area contributed by atoms with E-state index in [1.165, 1.54) is 0 Å². The molecule has 0 saturated heterocycles. The Kier molecular flexibility index (Phi) is 0.160. The van der Waals surface area contributed by atoms with E-state index in [2.05, 4.69) is 0 Å². The Hall–Kier alpha value is -0.490. The van der Waals surface area contributed by atoms with Gasteiger partial charge in [0.15, 0.2) is 5.50 Å². The van der Waals surface area contributed by atoms with Crippen LogP contribution in [0.5, 0.6) is 0 Å². The highest BCUT2D eigenvalue weighted by molar-refractivity contribution is 8.06. The van der Waals surface area contributed by atoms with Gasteiger partial charge in [-0.2, -0.15) is 0 Å². The molecule has 1 atom stereocenters. The molecule has 0 spiro atoms. The third-order valence-electron chi connectivity index (χ3n) is 1.57. The molecule has 4 heterocycles. The second-order valence-electron chi connectivity index (χ2n) is 1.88. The molecule has 4 rings (SSSR count). The summed E-state index contributed by atoms with van der Waals surface area (Å²) in [6, 6.07) is 0. The lowest BCUT2D eigenvalue weighted by Gasteiger charge is -1.61. The van der Waals surface area contributed by atoms with Crippen molar-refractivity contribution in [1.29, 1.82) is 0 Å². The molecule has 1 unspecified atom stereocenters. The average Bonchev–Trinajstić information content (AvgIpc) is 2.38. The molecule has 2 nitrogen and oxygen atoms in total. The monoisotopic (exact) mass is 112 g/mol. The fourth-order valence-corrected chi connectivity index (χ4v) is 3.24. The molecule has 2 bridgehead atoms. The maximum atomic E-state index is 10.9. The van der Waals surface area contributed by atoms with E-state index in [-0.39, 0.29) is 0 Å². The molecular weight excluding hydrogens is 111 g/mol. The van der Waals surface area contributed by atoms with Crippen molar-refractivity contribution < 1.29 is 8.98 Å². The van der Waals surface area contributed by atoms with Crippen LogP contribution < -0.4 is 16.1 Å². The second kappa shape index (κ2) is 0.411. The van der Waals surface area contributed by atoms with Crippen molar-refractivity contribution in [2.75, 3.05) is 0 Å². The van der Waals surface area contributed by atoms with Gasteiger partial charge in [-0.3, -0.25) is 0 Å². The van der Waals surface area contributed by atoms with Gasteiger partial charge in [-0.05, 0) is 0 Å². The quantitative estimate of drug-likeness (QED) is 0.368. The van der Waals surface area contributed by atoms with Gasteiger partial charge in [0.1, 0.15) is 6.26 Å². The Morgan fingerprint density at radius 1 is 1.71 bits per heavy atom. The lowest BCUT2D eigenvalue weighted by Crippen LogP contribution is -1.93. The van der Waals surface area contributed by atoms with Crippen LogP contribution in [-0.4, -0.2) is 0 Å². The molecule has 0 N–H and O–H groups in total. The number of hydrogen-bond acceptors (Lipinski definition) is 2. The normalized spacial score (nSPS) is 37.7. The van der Waals surface area contributed by atoms with Crippen molar-refractivity contribution in [1.82, 2.24) is 0 Å². The van der Waals surface area contributed by atoms with Gasteiger partial charge in [0, 0.05) is 0 Å². The Morgan fingerprint density at radius 2 is 2.43 bits per heavy atom. The summed E-state index contributed by atoms with van der Waals surface area (Å²) in [7, 11) is -1.82. The van der Waals surface area contributed by atoms with Crippen LogP contribution in [0.3, 0.4) is 0 Å². The molecule has 3 aliphatic heterocycles.